The minimum absolute atomic E-state index is 0.0493. The smallest absolute Gasteiger partial charge is 0.239 e. The molecule has 0 aromatic rings. The lowest BCUT2D eigenvalue weighted by Gasteiger charge is -2.16. The van der Waals surface area contributed by atoms with Gasteiger partial charge in [-0.05, 0) is 6.92 Å². The predicted molar refractivity (Wildman–Crippen MR) is 37.8 cm³/mol. The summed E-state index contributed by atoms with van der Waals surface area (Å²) in [5.74, 6) is -0.0000772. The van der Waals surface area contributed by atoms with Gasteiger partial charge in [0, 0.05) is 0 Å². The van der Waals surface area contributed by atoms with Crippen molar-refractivity contribution in [3.63, 3.8) is 0 Å². The second kappa shape index (κ2) is 3.21. The molecule has 1 heterocycles. The van der Waals surface area contributed by atoms with Crippen molar-refractivity contribution in [3.05, 3.63) is 0 Å². The molecule has 1 atom stereocenters. The first kappa shape index (κ1) is 7.82. The van der Waals surface area contributed by atoms with Gasteiger partial charge in [-0.15, -0.1) is 11.6 Å². The lowest BCUT2D eigenvalue weighted by atomic mass is 10.3. The van der Waals surface area contributed by atoms with Crippen molar-refractivity contribution in [3.8, 4) is 0 Å². The van der Waals surface area contributed by atoms with Crippen LogP contribution in [-0.4, -0.2) is 36.1 Å². The number of rotatable bonds is 1. The van der Waals surface area contributed by atoms with Gasteiger partial charge in [0.1, 0.15) is 12.6 Å². The second-order valence-electron chi connectivity index (χ2n) is 2.35. The molecule has 4 heteroatoms. The molecule has 58 valence electrons. The first-order valence-corrected chi connectivity index (χ1v) is 3.72. The summed E-state index contributed by atoms with van der Waals surface area (Å²) in [6, 6.07) is 0.186. The molecule has 0 aliphatic carbocycles. The Morgan fingerprint density at radius 2 is 2.60 bits per heavy atom. The van der Waals surface area contributed by atoms with E-state index < -0.39 is 0 Å². The van der Waals surface area contributed by atoms with E-state index in [9.17, 15) is 4.79 Å². The second-order valence-corrected chi connectivity index (χ2v) is 2.61. The Kier molecular flexibility index (Phi) is 2.51. The third-order valence-electron chi connectivity index (χ3n) is 1.56. The predicted octanol–water partition coefficient (Wildman–Crippen LogP) is 0.430. The lowest BCUT2D eigenvalue weighted by molar-refractivity contribution is -0.130. The number of ether oxygens (including phenoxy) is 1. The SMILES string of the molecule is CC1COCN1C(=O)CCl. The summed E-state index contributed by atoms with van der Waals surface area (Å²) in [4.78, 5) is 12.6. The third kappa shape index (κ3) is 1.41. The first-order valence-electron chi connectivity index (χ1n) is 3.19. The van der Waals surface area contributed by atoms with E-state index in [0.29, 0.717) is 13.3 Å². The molecule has 0 saturated carbocycles. The van der Waals surface area contributed by atoms with Gasteiger partial charge in [0.15, 0.2) is 0 Å². The van der Waals surface area contributed by atoms with E-state index in [0.717, 1.165) is 0 Å². The van der Waals surface area contributed by atoms with Crippen LogP contribution in [0.2, 0.25) is 0 Å². The van der Waals surface area contributed by atoms with Crippen LogP contribution in [0.3, 0.4) is 0 Å². The molecule has 10 heavy (non-hydrogen) atoms. The molecule has 1 rings (SSSR count). The van der Waals surface area contributed by atoms with E-state index in [1.54, 1.807) is 4.90 Å². The highest BCUT2D eigenvalue weighted by atomic mass is 35.5. The Labute approximate surface area is 64.9 Å². The largest absolute Gasteiger partial charge is 0.359 e. The number of carbonyl (C=O) groups excluding carboxylic acids is 1. The Hall–Kier alpha value is -0.280. The summed E-state index contributed by atoms with van der Waals surface area (Å²) in [6.07, 6.45) is 0. The summed E-state index contributed by atoms with van der Waals surface area (Å²) < 4.78 is 5.04. The number of amides is 1. The highest BCUT2D eigenvalue weighted by Gasteiger charge is 2.24. The minimum Gasteiger partial charge on any atom is -0.359 e. The van der Waals surface area contributed by atoms with Gasteiger partial charge < -0.3 is 9.64 Å². The van der Waals surface area contributed by atoms with Gasteiger partial charge in [0.2, 0.25) is 5.91 Å². The summed E-state index contributed by atoms with van der Waals surface area (Å²) >= 11 is 5.35. The Bertz CT molecular complexity index is 140. The summed E-state index contributed by atoms with van der Waals surface area (Å²) in [6.45, 7) is 2.97. The fraction of sp³-hybridized carbons (Fsp3) is 0.833. The van der Waals surface area contributed by atoms with Gasteiger partial charge >= 0.3 is 0 Å². The number of carbonyl (C=O) groups is 1. The van der Waals surface area contributed by atoms with Gasteiger partial charge in [0.05, 0.1) is 12.6 Å². The molecular formula is C6H10ClNO2. The fourth-order valence-corrected chi connectivity index (χ4v) is 1.09. The molecule has 1 fully saturated rings. The van der Waals surface area contributed by atoms with Crippen molar-refractivity contribution in [1.82, 2.24) is 4.90 Å². The monoisotopic (exact) mass is 163 g/mol. The normalized spacial score (nSPS) is 25.4. The zero-order valence-electron chi connectivity index (χ0n) is 5.84. The maximum atomic E-state index is 10.9. The van der Waals surface area contributed by atoms with Gasteiger partial charge in [-0.1, -0.05) is 0 Å². The molecule has 1 saturated heterocycles. The number of alkyl halides is 1. The first-order chi connectivity index (χ1) is 4.75. The molecule has 0 aromatic carbocycles. The van der Waals surface area contributed by atoms with E-state index in [4.69, 9.17) is 16.3 Å². The van der Waals surface area contributed by atoms with E-state index in [1.807, 2.05) is 6.92 Å². The van der Waals surface area contributed by atoms with E-state index in [-0.39, 0.29) is 17.8 Å². The van der Waals surface area contributed by atoms with Crippen LogP contribution in [0.1, 0.15) is 6.92 Å². The van der Waals surface area contributed by atoms with Crippen molar-refractivity contribution in [1.29, 1.82) is 0 Å². The van der Waals surface area contributed by atoms with Crippen LogP contribution in [0.4, 0.5) is 0 Å². The number of hydrogen-bond donors (Lipinski definition) is 0. The van der Waals surface area contributed by atoms with Gasteiger partial charge in [-0.2, -0.15) is 0 Å². The van der Waals surface area contributed by atoms with Crippen LogP contribution in [0, 0.1) is 0 Å². The average molecular weight is 164 g/mol. The van der Waals surface area contributed by atoms with Crippen LogP contribution >= 0.6 is 11.6 Å². The molecule has 0 N–H and O–H groups in total. The maximum Gasteiger partial charge on any atom is 0.239 e. The third-order valence-corrected chi connectivity index (χ3v) is 1.78. The standard InChI is InChI=1S/C6H10ClNO2/c1-5-3-10-4-8(5)6(9)2-7/h5H,2-4H2,1H3. The van der Waals surface area contributed by atoms with Gasteiger partial charge in [-0.3, -0.25) is 4.79 Å². The molecule has 1 aliphatic heterocycles. The summed E-state index contributed by atoms with van der Waals surface area (Å²) in [5.41, 5.74) is 0. The molecule has 3 nitrogen and oxygen atoms in total. The van der Waals surface area contributed by atoms with Crippen molar-refractivity contribution in [2.24, 2.45) is 0 Å². The quantitative estimate of drug-likeness (QED) is 0.525. The maximum absolute atomic E-state index is 10.9. The molecular weight excluding hydrogens is 154 g/mol. The van der Waals surface area contributed by atoms with Gasteiger partial charge in [0.25, 0.3) is 0 Å². The topological polar surface area (TPSA) is 29.5 Å². The van der Waals surface area contributed by atoms with Crippen LogP contribution in [-0.2, 0) is 9.53 Å². The Balaban J connectivity index is 2.46. The Morgan fingerprint density at radius 3 is 3.00 bits per heavy atom. The van der Waals surface area contributed by atoms with Crippen molar-refractivity contribution < 1.29 is 9.53 Å². The van der Waals surface area contributed by atoms with Crippen LogP contribution < -0.4 is 0 Å². The van der Waals surface area contributed by atoms with E-state index >= 15 is 0 Å². The van der Waals surface area contributed by atoms with Crippen molar-refractivity contribution in [2.75, 3.05) is 19.2 Å². The Morgan fingerprint density at radius 1 is 1.90 bits per heavy atom. The fourth-order valence-electron chi connectivity index (χ4n) is 0.933. The van der Waals surface area contributed by atoms with E-state index in [2.05, 4.69) is 0 Å². The molecule has 1 aliphatic rings. The number of halogens is 1. The molecule has 0 radical (unpaired) electrons. The summed E-state index contributed by atoms with van der Waals surface area (Å²) in [5, 5.41) is 0. The highest BCUT2D eigenvalue weighted by molar-refractivity contribution is 6.27. The van der Waals surface area contributed by atoms with Crippen LogP contribution in [0.15, 0.2) is 0 Å². The molecule has 0 aromatic heterocycles. The zero-order chi connectivity index (χ0) is 7.56. The van der Waals surface area contributed by atoms with E-state index in [1.165, 1.54) is 0 Å². The summed E-state index contributed by atoms with van der Waals surface area (Å²) in [7, 11) is 0. The van der Waals surface area contributed by atoms with Gasteiger partial charge in [-0.25, -0.2) is 0 Å². The van der Waals surface area contributed by atoms with Crippen LogP contribution in [0.25, 0.3) is 0 Å². The van der Waals surface area contributed by atoms with Crippen LogP contribution in [0.5, 0.6) is 0 Å². The number of nitrogens with zero attached hydrogens (tertiary/aromatic N) is 1. The van der Waals surface area contributed by atoms with Crippen molar-refractivity contribution in [2.45, 2.75) is 13.0 Å². The average Bonchev–Trinajstić information content (AvgIpc) is 2.34. The minimum atomic E-state index is -0.0494. The lowest BCUT2D eigenvalue weighted by Crippen LogP contribution is -2.35. The highest BCUT2D eigenvalue weighted by Crippen LogP contribution is 2.08. The zero-order valence-corrected chi connectivity index (χ0v) is 6.60. The molecule has 0 bridgehead atoms. The number of hydrogen-bond acceptors (Lipinski definition) is 2. The van der Waals surface area contributed by atoms with Crippen molar-refractivity contribution >= 4 is 17.5 Å². The molecule has 0 spiro atoms. The molecule has 1 amide bonds. The molecule has 1 unspecified atom stereocenters.